The minimum absolute atomic E-state index is 0.0155. The molecule has 2 aliphatic heterocycles. The van der Waals surface area contributed by atoms with Crippen LogP contribution in [0.5, 0.6) is 0 Å². The van der Waals surface area contributed by atoms with Gasteiger partial charge in [0.25, 0.3) is 5.91 Å². The Kier molecular flexibility index (Phi) is 5.86. The van der Waals surface area contributed by atoms with Crippen molar-refractivity contribution in [1.29, 1.82) is 0 Å². The molecule has 11 heteroatoms. The molecular weight excluding hydrogens is 511 g/mol. The molecule has 196 valence electrons. The van der Waals surface area contributed by atoms with E-state index in [2.05, 4.69) is 39.4 Å². The fraction of sp³-hybridized carbons (Fsp3) is 0.333. The van der Waals surface area contributed by atoms with Crippen molar-refractivity contribution >= 4 is 40.3 Å². The number of carbonyl (C=O) groups is 2. The number of nitrogens with one attached hydrogen (secondary N) is 2. The van der Waals surface area contributed by atoms with Crippen LogP contribution in [-0.2, 0) is 10.3 Å². The maximum absolute atomic E-state index is 15.2. The Bertz CT molecular complexity index is 1580. The Labute approximate surface area is 222 Å². The lowest BCUT2D eigenvalue weighted by atomic mass is 9.83. The second kappa shape index (κ2) is 9.13. The smallest absolute Gasteiger partial charge is 0.412 e. The first-order chi connectivity index (χ1) is 18.3. The van der Waals surface area contributed by atoms with Crippen LogP contribution in [0.1, 0.15) is 59.3 Å². The van der Waals surface area contributed by atoms with E-state index in [1.165, 1.54) is 6.07 Å². The monoisotopic (exact) mass is 536 g/mol. The summed E-state index contributed by atoms with van der Waals surface area (Å²) in [6.07, 6.45) is 5.95. The summed E-state index contributed by atoms with van der Waals surface area (Å²) in [6.45, 7) is 4.55. The van der Waals surface area contributed by atoms with Crippen LogP contribution in [0.25, 0.3) is 11.0 Å². The number of fused-ring (bicyclic) bond motifs is 3. The van der Waals surface area contributed by atoms with Crippen molar-refractivity contribution in [1.82, 2.24) is 24.6 Å². The molecule has 2 N–H and O–H groups in total. The van der Waals surface area contributed by atoms with E-state index in [1.807, 2.05) is 6.92 Å². The van der Waals surface area contributed by atoms with Gasteiger partial charge in [0.05, 0.1) is 58.0 Å². The van der Waals surface area contributed by atoms with Gasteiger partial charge in [-0.05, 0) is 55.5 Å². The van der Waals surface area contributed by atoms with Crippen LogP contribution in [0.2, 0.25) is 5.02 Å². The van der Waals surface area contributed by atoms with Crippen molar-refractivity contribution < 1.29 is 18.7 Å². The van der Waals surface area contributed by atoms with Crippen LogP contribution in [-0.4, -0.2) is 49.7 Å². The molecule has 0 saturated carbocycles. The number of carbonyl (C=O) groups excluding carboxylic acids is 2. The first-order valence-electron chi connectivity index (χ1n) is 12.5. The highest BCUT2D eigenvalue weighted by atomic mass is 35.5. The number of likely N-dealkylation sites (tertiary alicyclic amines) is 1. The molecule has 6 rings (SSSR count). The van der Waals surface area contributed by atoms with Crippen LogP contribution in [0.4, 0.5) is 14.9 Å². The van der Waals surface area contributed by atoms with Gasteiger partial charge in [-0.1, -0.05) is 24.6 Å². The maximum atomic E-state index is 15.2. The molecule has 2 aliphatic rings. The van der Waals surface area contributed by atoms with Gasteiger partial charge in [0.15, 0.2) is 11.4 Å². The number of aromatic nitrogens is 4. The van der Waals surface area contributed by atoms with Crippen LogP contribution >= 0.6 is 11.6 Å². The van der Waals surface area contributed by atoms with Gasteiger partial charge in [-0.15, -0.1) is 0 Å². The van der Waals surface area contributed by atoms with E-state index in [0.717, 1.165) is 28.6 Å². The summed E-state index contributed by atoms with van der Waals surface area (Å²) in [5, 5.41) is 7.00. The molecule has 2 aromatic carbocycles. The summed E-state index contributed by atoms with van der Waals surface area (Å²) in [4.78, 5) is 35.1. The molecule has 9 nitrogen and oxygen atoms in total. The Hall–Kier alpha value is -3.92. The molecule has 4 aromatic rings. The number of imidazole rings is 1. The minimum atomic E-state index is -1.32. The average molecular weight is 537 g/mol. The van der Waals surface area contributed by atoms with Crippen molar-refractivity contribution in [3.63, 3.8) is 0 Å². The number of aromatic amines is 1. The van der Waals surface area contributed by atoms with Gasteiger partial charge < -0.3 is 14.6 Å². The zero-order valence-corrected chi connectivity index (χ0v) is 21.7. The number of piperidine rings is 1. The Balaban J connectivity index is 1.29. The quantitative estimate of drug-likeness (QED) is 0.355. The van der Waals surface area contributed by atoms with Crippen LogP contribution < -0.4 is 5.32 Å². The second-order valence-electron chi connectivity index (χ2n) is 9.89. The topological polar surface area (TPSA) is 105 Å². The lowest BCUT2D eigenvalue weighted by molar-refractivity contribution is -0.0418. The fourth-order valence-electron chi connectivity index (χ4n) is 5.77. The highest BCUT2D eigenvalue weighted by Crippen LogP contribution is 2.45. The highest BCUT2D eigenvalue weighted by Gasteiger charge is 2.48. The number of ether oxygens (including phenoxy) is 1. The average Bonchev–Trinajstić information content (AvgIpc) is 3.57. The number of hydrogen-bond donors (Lipinski definition) is 2. The lowest BCUT2D eigenvalue weighted by Crippen LogP contribution is -2.53. The maximum Gasteiger partial charge on any atom is 0.412 e. The summed E-state index contributed by atoms with van der Waals surface area (Å²) in [6, 6.07) is 7.02. The largest absolute Gasteiger partial charge is 0.436 e. The molecule has 1 fully saturated rings. The van der Waals surface area contributed by atoms with Gasteiger partial charge >= 0.3 is 6.09 Å². The first kappa shape index (κ1) is 24.4. The number of aryl methyl sites for hydroxylation is 1. The summed E-state index contributed by atoms with van der Waals surface area (Å²) < 4.78 is 22.7. The first-order valence-corrected chi connectivity index (χ1v) is 12.9. The molecule has 0 radical (unpaired) electrons. The number of nitrogens with zero attached hydrogens (tertiary/aromatic N) is 4. The normalized spacial score (nSPS) is 19.8. The molecular formula is C27H26ClFN6O3. The zero-order chi connectivity index (χ0) is 26.6. The van der Waals surface area contributed by atoms with E-state index in [4.69, 9.17) is 16.3 Å². The fourth-order valence-corrected chi connectivity index (χ4v) is 5.93. The standard InChI is InChI=1S/C27H26ClFN6O3/c1-3-21(16-9-15(2)24-20(10-16)30-14-31-24)35-12-17(11-32-35)25(36)34-8-4-7-27(13-34)22-19(33-26(37)38-27)6-5-18(28)23(22)29/h5-6,9-12,14,21H,3-4,7-8,13H2,1-2H3,(H,30,31)(H,33,37)/t21-,27+/m1/s1. The molecule has 2 atom stereocenters. The van der Waals surface area contributed by atoms with E-state index in [0.29, 0.717) is 30.6 Å². The van der Waals surface area contributed by atoms with Gasteiger partial charge in [-0.25, -0.2) is 14.2 Å². The predicted octanol–water partition coefficient (Wildman–Crippen LogP) is 5.55. The van der Waals surface area contributed by atoms with Gasteiger partial charge in [0, 0.05) is 12.7 Å². The summed E-state index contributed by atoms with van der Waals surface area (Å²) in [7, 11) is 0. The van der Waals surface area contributed by atoms with Gasteiger partial charge in [0.1, 0.15) is 0 Å². The Morgan fingerprint density at radius 1 is 1.34 bits per heavy atom. The third-order valence-electron chi connectivity index (χ3n) is 7.49. The van der Waals surface area contributed by atoms with Gasteiger partial charge in [-0.3, -0.25) is 14.8 Å². The zero-order valence-electron chi connectivity index (χ0n) is 20.9. The van der Waals surface area contributed by atoms with Crippen molar-refractivity contribution in [2.75, 3.05) is 18.4 Å². The molecule has 4 heterocycles. The number of halogens is 2. The van der Waals surface area contributed by atoms with Gasteiger partial charge in [-0.2, -0.15) is 5.10 Å². The third kappa shape index (κ3) is 3.91. The molecule has 0 aliphatic carbocycles. The number of anilines is 1. The molecule has 2 aromatic heterocycles. The van der Waals surface area contributed by atoms with Crippen molar-refractivity contribution in [3.05, 3.63) is 76.1 Å². The third-order valence-corrected chi connectivity index (χ3v) is 7.79. The highest BCUT2D eigenvalue weighted by molar-refractivity contribution is 6.31. The number of benzene rings is 2. The number of hydrogen-bond acceptors (Lipinski definition) is 5. The van der Waals surface area contributed by atoms with E-state index in [-0.39, 0.29) is 29.1 Å². The van der Waals surface area contributed by atoms with Crippen LogP contribution in [0.15, 0.2) is 43.0 Å². The van der Waals surface area contributed by atoms with Crippen LogP contribution in [0, 0.1) is 12.7 Å². The molecule has 1 spiro atoms. The van der Waals surface area contributed by atoms with Crippen molar-refractivity contribution in [3.8, 4) is 0 Å². The molecule has 1 saturated heterocycles. The molecule has 0 bridgehead atoms. The van der Waals surface area contributed by atoms with Crippen molar-refractivity contribution in [2.45, 2.75) is 44.8 Å². The van der Waals surface area contributed by atoms with E-state index < -0.39 is 17.5 Å². The van der Waals surface area contributed by atoms with E-state index >= 15 is 4.39 Å². The Morgan fingerprint density at radius 3 is 3.00 bits per heavy atom. The van der Waals surface area contributed by atoms with Gasteiger partial charge in [0.2, 0.25) is 0 Å². The molecule has 38 heavy (non-hydrogen) atoms. The molecule has 2 amide bonds. The predicted molar refractivity (Wildman–Crippen MR) is 140 cm³/mol. The van der Waals surface area contributed by atoms with Crippen molar-refractivity contribution in [2.24, 2.45) is 0 Å². The molecule has 0 unspecified atom stereocenters. The SMILES string of the molecule is CC[C@H](c1cc(C)c2nc[nH]c2c1)n1cc(C(=O)N2CCC[C@@]3(C2)OC(=O)Nc2ccc(Cl)c(F)c23)cn1. The van der Waals surface area contributed by atoms with E-state index in [9.17, 15) is 9.59 Å². The second-order valence-corrected chi connectivity index (χ2v) is 10.3. The van der Waals surface area contributed by atoms with E-state index in [1.54, 1.807) is 34.4 Å². The summed E-state index contributed by atoms with van der Waals surface area (Å²) in [5.74, 6) is -0.912. The number of H-pyrrole nitrogens is 1. The lowest BCUT2D eigenvalue weighted by Gasteiger charge is -2.45. The van der Waals surface area contributed by atoms with Crippen LogP contribution in [0.3, 0.4) is 0 Å². The Morgan fingerprint density at radius 2 is 2.18 bits per heavy atom. The number of rotatable bonds is 4. The number of amides is 2. The summed E-state index contributed by atoms with van der Waals surface area (Å²) >= 11 is 6.07. The minimum Gasteiger partial charge on any atom is -0.436 e. The summed E-state index contributed by atoms with van der Waals surface area (Å²) in [5.41, 5.74) is 3.57.